The zero-order valence-corrected chi connectivity index (χ0v) is 21.2. The lowest BCUT2D eigenvalue weighted by molar-refractivity contribution is -0.134. The molecule has 0 radical (unpaired) electrons. The summed E-state index contributed by atoms with van der Waals surface area (Å²) >= 11 is 1.73. The van der Waals surface area contributed by atoms with Crippen molar-refractivity contribution in [1.82, 2.24) is 20.1 Å². The third-order valence-electron chi connectivity index (χ3n) is 7.93. The Kier molecular flexibility index (Phi) is 6.91. The summed E-state index contributed by atoms with van der Waals surface area (Å²) in [5, 5.41) is 5.15. The lowest BCUT2D eigenvalue weighted by atomic mass is 9.74. The maximum absolute atomic E-state index is 13.7. The Labute approximate surface area is 210 Å². The van der Waals surface area contributed by atoms with Crippen LogP contribution >= 0.6 is 11.3 Å². The fraction of sp³-hybridized carbons (Fsp3) is 0.556. The van der Waals surface area contributed by atoms with E-state index in [9.17, 15) is 14.4 Å². The highest BCUT2D eigenvalue weighted by atomic mass is 32.1. The average Bonchev–Trinajstić information content (AvgIpc) is 3.42. The molecule has 2 aromatic rings. The molecule has 0 spiro atoms. The minimum absolute atomic E-state index is 0.0270. The predicted octanol–water partition coefficient (Wildman–Crippen LogP) is 4.21. The number of fused-ring (bicyclic) bond motifs is 1. The second kappa shape index (κ2) is 10.1. The smallest absolute Gasteiger partial charge is 0.325 e. The number of carbonyl (C=O) groups is 3. The minimum atomic E-state index is -0.868. The first-order valence-electron chi connectivity index (χ1n) is 13.0. The fourth-order valence-corrected chi connectivity index (χ4v) is 7.20. The van der Waals surface area contributed by atoms with E-state index >= 15 is 0 Å². The minimum Gasteiger partial charge on any atom is -0.339 e. The monoisotopic (exact) mass is 494 g/mol. The third-order valence-corrected chi connectivity index (χ3v) is 9.02. The van der Waals surface area contributed by atoms with Crippen molar-refractivity contribution in [3.05, 3.63) is 51.5 Å². The fourth-order valence-electron chi connectivity index (χ4n) is 6.08. The summed E-state index contributed by atoms with van der Waals surface area (Å²) in [5.74, 6) is 0.0438. The number of piperidine rings is 1. The number of hydrogen-bond donors (Lipinski definition) is 1. The van der Waals surface area contributed by atoms with E-state index in [4.69, 9.17) is 0 Å². The molecule has 8 heteroatoms. The molecular weight excluding hydrogens is 460 g/mol. The third kappa shape index (κ3) is 4.48. The number of nitrogens with zero attached hydrogens (tertiary/aromatic N) is 3. The highest BCUT2D eigenvalue weighted by Gasteiger charge is 2.55. The van der Waals surface area contributed by atoms with Crippen LogP contribution in [0.3, 0.4) is 0 Å². The number of urea groups is 1. The lowest BCUT2D eigenvalue weighted by Crippen LogP contribution is -2.56. The zero-order chi connectivity index (χ0) is 24.4. The Morgan fingerprint density at radius 3 is 2.74 bits per heavy atom. The first kappa shape index (κ1) is 24.0. The number of carbonyl (C=O) groups excluding carboxylic acids is 3. The normalized spacial score (nSPS) is 22.9. The Hall–Kier alpha value is -2.74. The van der Waals surface area contributed by atoms with Crippen molar-refractivity contribution >= 4 is 29.2 Å². The summed E-state index contributed by atoms with van der Waals surface area (Å²) < 4.78 is 0. The van der Waals surface area contributed by atoms with Gasteiger partial charge in [-0.05, 0) is 68.6 Å². The number of rotatable bonds is 7. The molecule has 4 heterocycles. The van der Waals surface area contributed by atoms with Gasteiger partial charge in [0.2, 0.25) is 0 Å². The van der Waals surface area contributed by atoms with Crippen LogP contribution in [0.1, 0.15) is 71.9 Å². The summed E-state index contributed by atoms with van der Waals surface area (Å²) in [4.78, 5) is 48.9. The van der Waals surface area contributed by atoms with E-state index in [-0.39, 0.29) is 23.8 Å². The van der Waals surface area contributed by atoms with Crippen LogP contribution in [0.5, 0.6) is 0 Å². The highest BCUT2D eigenvalue weighted by molar-refractivity contribution is 7.10. The Bertz CT molecular complexity index is 1090. The van der Waals surface area contributed by atoms with E-state index in [2.05, 4.69) is 17.2 Å². The molecule has 2 aromatic heterocycles. The van der Waals surface area contributed by atoms with Crippen molar-refractivity contribution < 1.29 is 14.4 Å². The van der Waals surface area contributed by atoms with E-state index < -0.39 is 5.54 Å². The Balaban J connectivity index is 1.26. The molecule has 2 fully saturated rings. The largest absolute Gasteiger partial charge is 0.339 e. The van der Waals surface area contributed by atoms with E-state index in [1.807, 2.05) is 28.5 Å². The molecule has 35 heavy (non-hydrogen) atoms. The average molecular weight is 495 g/mol. The highest BCUT2D eigenvalue weighted by Crippen LogP contribution is 2.38. The van der Waals surface area contributed by atoms with Crippen LogP contribution in [0.15, 0.2) is 29.8 Å². The summed E-state index contributed by atoms with van der Waals surface area (Å²) in [6.45, 7) is 3.62. The van der Waals surface area contributed by atoms with Crippen molar-refractivity contribution in [1.29, 1.82) is 0 Å². The van der Waals surface area contributed by atoms with Crippen molar-refractivity contribution in [3.8, 4) is 0 Å². The number of pyridine rings is 1. The van der Waals surface area contributed by atoms with Gasteiger partial charge in [-0.15, -0.1) is 11.3 Å². The number of amides is 4. The molecule has 1 N–H and O–H groups in total. The van der Waals surface area contributed by atoms with Gasteiger partial charge in [0.15, 0.2) is 0 Å². The Morgan fingerprint density at radius 2 is 2.00 bits per heavy atom. The molecule has 1 unspecified atom stereocenters. The number of imide groups is 1. The van der Waals surface area contributed by atoms with Crippen LogP contribution in [0.2, 0.25) is 0 Å². The second-order valence-electron chi connectivity index (χ2n) is 10.0. The van der Waals surface area contributed by atoms with E-state index in [0.29, 0.717) is 32.5 Å². The van der Waals surface area contributed by atoms with Crippen molar-refractivity contribution in [2.75, 3.05) is 19.6 Å². The summed E-state index contributed by atoms with van der Waals surface area (Å²) in [6.07, 6.45) is 9.60. The summed E-state index contributed by atoms with van der Waals surface area (Å²) in [7, 11) is 0. The summed E-state index contributed by atoms with van der Waals surface area (Å²) in [6, 6.07) is 5.38. The number of nitrogens with one attached hydrogen (secondary N) is 1. The van der Waals surface area contributed by atoms with Crippen LogP contribution in [0.25, 0.3) is 0 Å². The van der Waals surface area contributed by atoms with Gasteiger partial charge in [-0.3, -0.25) is 19.5 Å². The molecule has 0 aromatic carbocycles. The molecule has 3 aliphatic rings. The van der Waals surface area contributed by atoms with Crippen LogP contribution in [-0.2, 0) is 24.1 Å². The molecule has 2 aliphatic heterocycles. The SMILES string of the molecule is CCCC1(C2CCN(C(=O)c3csc4c3CCCC4)CC2)NC(=O)N(CCc2ccccn2)C1=O. The zero-order valence-electron chi connectivity index (χ0n) is 20.4. The van der Waals surface area contributed by atoms with Crippen molar-refractivity contribution in [3.63, 3.8) is 0 Å². The quantitative estimate of drug-likeness (QED) is 0.585. The van der Waals surface area contributed by atoms with Crippen LogP contribution in [-0.4, -0.2) is 57.8 Å². The van der Waals surface area contributed by atoms with Gasteiger partial charge in [0.05, 0.1) is 5.56 Å². The lowest BCUT2D eigenvalue weighted by Gasteiger charge is -2.41. The number of hydrogen-bond acceptors (Lipinski definition) is 5. The van der Waals surface area contributed by atoms with Gasteiger partial charge in [-0.25, -0.2) is 4.79 Å². The van der Waals surface area contributed by atoms with Crippen LogP contribution in [0.4, 0.5) is 4.79 Å². The molecule has 0 saturated carbocycles. The predicted molar refractivity (Wildman–Crippen MR) is 135 cm³/mol. The van der Waals surface area contributed by atoms with Gasteiger partial charge in [-0.1, -0.05) is 19.4 Å². The Morgan fingerprint density at radius 1 is 1.20 bits per heavy atom. The molecule has 5 rings (SSSR count). The maximum atomic E-state index is 13.7. The van der Waals surface area contributed by atoms with Gasteiger partial charge in [0.25, 0.3) is 11.8 Å². The molecule has 0 bridgehead atoms. The molecule has 4 amide bonds. The van der Waals surface area contributed by atoms with Crippen molar-refractivity contribution in [2.24, 2.45) is 5.92 Å². The number of thiophene rings is 1. The van der Waals surface area contributed by atoms with E-state index in [0.717, 1.165) is 49.8 Å². The first-order valence-corrected chi connectivity index (χ1v) is 13.8. The van der Waals surface area contributed by atoms with Gasteiger partial charge in [0.1, 0.15) is 5.54 Å². The van der Waals surface area contributed by atoms with Gasteiger partial charge >= 0.3 is 6.03 Å². The summed E-state index contributed by atoms with van der Waals surface area (Å²) in [5.41, 5.74) is 2.14. The van der Waals surface area contributed by atoms with E-state index in [1.54, 1.807) is 17.5 Å². The maximum Gasteiger partial charge on any atom is 0.325 e. The van der Waals surface area contributed by atoms with Gasteiger partial charge in [0, 0.05) is 48.2 Å². The molecular formula is C27H34N4O3S. The van der Waals surface area contributed by atoms with Gasteiger partial charge in [-0.2, -0.15) is 0 Å². The molecule has 1 atom stereocenters. The topological polar surface area (TPSA) is 82.6 Å². The molecule has 7 nitrogen and oxygen atoms in total. The second-order valence-corrected chi connectivity index (χ2v) is 11.0. The molecule has 186 valence electrons. The standard InChI is InChI=1S/C27H34N4O3S/c1-2-13-27(25(33)31(26(34)29-27)17-12-20-7-5-6-14-28-20)19-10-15-30(16-11-19)24(32)22-18-35-23-9-4-3-8-21(22)23/h5-7,14,18-19H,2-4,8-13,15-17H2,1H3,(H,29,34). The first-order chi connectivity index (χ1) is 17.0. The van der Waals surface area contributed by atoms with E-state index in [1.165, 1.54) is 21.8 Å². The number of aryl methyl sites for hydroxylation is 1. The molecule has 2 saturated heterocycles. The van der Waals surface area contributed by atoms with Crippen LogP contribution < -0.4 is 5.32 Å². The molecule has 1 aliphatic carbocycles. The number of likely N-dealkylation sites (tertiary alicyclic amines) is 1. The van der Waals surface area contributed by atoms with Crippen molar-refractivity contribution in [2.45, 2.75) is 70.3 Å². The number of aromatic nitrogens is 1. The van der Waals surface area contributed by atoms with Crippen LogP contribution in [0, 0.1) is 5.92 Å². The van der Waals surface area contributed by atoms with Gasteiger partial charge < -0.3 is 10.2 Å².